The van der Waals surface area contributed by atoms with E-state index in [1.54, 1.807) is 18.3 Å². The van der Waals surface area contributed by atoms with Crippen molar-refractivity contribution >= 4 is 23.2 Å². The predicted octanol–water partition coefficient (Wildman–Crippen LogP) is 2.59. The molecule has 0 saturated heterocycles. The molecule has 3 N–H and O–H groups in total. The van der Waals surface area contributed by atoms with Crippen molar-refractivity contribution in [2.75, 3.05) is 11.9 Å². The summed E-state index contributed by atoms with van der Waals surface area (Å²) in [6, 6.07) is 3.81. The van der Waals surface area contributed by atoms with Gasteiger partial charge in [0, 0.05) is 31.3 Å². The van der Waals surface area contributed by atoms with Crippen molar-refractivity contribution in [1.29, 1.82) is 0 Å². The SMILES string of the molecule is CC(CC(=O)Nc1cccnc1Cl)NC1CCCCC1CO. The monoisotopic (exact) mass is 325 g/mol. The summed E-state index contributed by atoms with van der Waals surface area (Å²) in [5.74, 6) is 0.207. The molecule has 0 radical (unpaired) electrons. The van der Waals surface area contributed by atoms with Crippen molar-refractivity contribution < 1.29 is 9.90 Å². The standard InChI is InChI=1S/C16H24ClN3O2/c1-11(19-13-6-3-2-5-12(13)10-21)9-15(22)20-14-7-4-8-18-16(14)17/h4,7-8,11-13,19,21H,2-3,5-6,9-10H2,1H3,(H,20,22). The van der Waals surface area contributed by atoms with Crippen molar-refractivity contribution in [2.45, 2.75) is 51.1 Å². The van der Waals surface area contributed by atoms with E-state index in [0.717, 1.165) is 12.8 Å². The number of halogens is 1. The second-order valence-corrected chi connectivity index (χ2v) is 6.35. The fourth-order valence-electron chi connectivity index (χ4n) is 3.03. The summed E-state index contributed by atoms with van der Waals surface area (Å²) >= 11 is 5.93. The molecule has 1 aromatic heterocycles. The molecule has 1 saturated carbocycles. The summed E-state index contributed by atoms with van der Waals surface area (Å²) in [4.78, 5) is 16.0. The maximum Gasteiger partial charge on any atom is 0.226 e. The Morgan fingerprint density at radius 1 is 1.50 bits per heavy atom. The third-order valence-corrected chi connectivity index (χ3v) is 4.47. The van der Waals surface area contributed by atoms with Gasteiger partial charge in [-0.25, -0.2) is 4.98 Å². The number of rotatable bonds is 6. The molecule has 22 heavy (non-hydrogen) atoms. The number of aromatic nitrogens is 1. The van der Waals surface area contributed by atoms with Crippen molar-refractivity contribution in [1.82, 2.24) is 10.3 Å². The molecule has 2 rings (SSSR count). The van der Waals surface area contributed by atoms with E-state index in [9.17, 15) is 9.90 Å². The van der Waals surface area contributed by atoms with Crippen LogP contribution in [0, 0.1) is 5.92 Å². The molecule has 0 aliphatic heterocycles. The molecule has 122 valence electrons. The van der Waals surface area contributed by atoms with Gasteiger partial charge in [0.15, 0.2) is 5.15 Å². The second kappa shape index (κ2) is 8.46. The number of pyridine rings is 1. The van der Waals surface area contributed by atoms with Crippen LogP contribution in [0.4, 0.5) is 5.69 Å². The lowest BCUT2D eigenvalue weighted by molar-refractivity contribution is -0.116. The number of amides is 1. The second-order valence-electron chi connectivity index (χ2n) is 6.00. The average molecular weight is 326 g/mol. The molecule has 0 spiro atoms. The minimum atomic E-state index is -0.0914. The van der Waals surface area contributed by atoms with E-state index in [4.69, 9.17) is 11.6 Å². The van der Waals surface area contributed by atoms with Crippen molar-refractivity contribution in [2.24, 2.45) is 5.92 Å². The maximum atomic E-state index is 12.1. The molecule has 1 aromatic rings. The van der Waals surface area contributed by atoms with Gasteiger partial charge in [0.25, 0.3) is 0 Å². The van der Waals surface area contributed by atoms with Gasteiger partial charge in [-0.15, -0.1) is 0 Å². The molecule has 1 fully saturated rings. The van der Waals surface area contributed by atoms with E-state index < -0.39 is 0 Å². The van der Waals surface area contributed by atoms with E-state index in [1.165, 1.54) is 12.8 Å². The quantitative estimate of drug-likeness (QED) is 0.703. The Labute approximate surface area is 136 Å². The summed E-state index contributed by atoms with van der Waals surface area (Å²) < 4.78 is 0. The van der Waals surface area contributed by atoms with E-state index in [-0.39, 0.29) is 18.6 Å². The van der Waals surface area contributed by atoms with Crippen LogP contribution in [0.25, 0.3) is 0 Å². The van der Waals surface area contributed by atoms with Gasteiger partial charge in [0.05, 0.1) is 5.69 Å². The molecule has 5 nitrogen and oxygen atoms in total. The Morgan fingerprint density at radius 2 is 2.27 bits per heavy atom. The van der Waals surface area contributed by atoms with Crippen LogP contribution in [0.5, 0.6) is 0 Å². The number of aliphatic hydroxyl groups excluding tert-OH is 1. The summed E-state index contributed by atoms with van der Waals surface area (Å²) in [7, 11) is 0. The van der Waals surface area contributed by atoms with Gasteiger partial charge in [0.2, 0.25) is 5.91 Å². The lowest BCUT2D eigenvalue weighted by Gasteiger charge is -2.33. The van der Waals surface area contributed by atoms with Gasteiger partial charge in [-0.05, 0) is 37.8 Å². The minimum Gasteiger partial charge on any atom is -0.396 e. The van der Waals surface area contributed by atoms with Gasteiger partial charge in [-0.1, -0.05) is 24.4 Å². The lowest BCUT2D eigenvalue weighted by Crippen LogP contribution is -2.45. The Balaban J connectivity index is 1.82. The third kappa shape index (κ3) is 4.93. The van der Waals surface area contributed by atoms with Crippen LogP contribution in [-0.2, 0) is 4.79 Å². The van der Waals surface area contributed by atoms with Crippen LogP contribution in [-0.4, -0.2) is 34.7 Å². The number of anilines is 1. The minimum absolute atomic E-state index is 0.0487. The summed E-state index contributed by atoms with van der Waals surface area (Å²) in [6.07, 6.45) is 6.42. The molecule has 3 atom stereocenters. The highest BCUT2D eigenvalue weighted by Gasteiger charge is 2.26. The van der Waals surface area contributed by atoms with Crippen molar-refractivity contribution in [3.63, 3.8) is 0 Å². The first-order valence-corrected chi connectivity index (χ1v) is 8.25. The molecule has 1 aliphatic rings. The smallest absolute Gasteiger partial charge is 0.226 e. The van der Waals surface area contributed by atoms with Gasteiger partial charge in [0.1, 0.15) is 0 Å². The number of carbonyl (C=O) groups excluding carboxylic acids is 1. The zero-order valence-electron chi connectivity index (χ0n) is 12.9. The van der Waals surface area contributed by atoms with E-state index in [1.807, 2.05) is 6.92 Å². The Kier molecular flexibility index (Phi) is 6.61. The predicted molar refractivity (Wildman–Crippen MR) is 87.9 cm³/mol. The number of carbonyl (C=O) groups is 1. The molecular weight excluding hydrogens is 302 g/mol. The summed E-state index contributed by atoms with van der Waals surface area (Å²) in [5.41, 5.74) is 0.535. The number of hydrogen-bond acceptors (Lipinski definition) is 4. The van der Waals surface area contributed by atoms with Crippen LogP contribution in [0.15, 0.2) is 18.3 Å². The fraction of sp³-hybridized carbons (Fsp3) is 0.625. The molecular formula is C16H24ClN3O2. The van der Waals surface area contributed by atoms with Gasteiger partial charge < -0.3 is 15.7 Å². The Bertz CT molecular complexity index is 498. The van der Waals surface area contributed by atoms with Gasteiger partial charge >= 0.3 is 0 Å². The van der Waals surface area contributed by atoms with Crippen LogP contribution in [0.3, 0.4) is 0 Å². The topological polar surface area (TPSA) is 74.2 Å². The molecule has 6 heteroatoms. The average Bonchev–Trinajstić information content (AvgIpc) is 2.50. The largest absolute Gasteiger partial charge is 0.396 e. The normalized spacial score (nSPS) is 23.0. The highest BCUT2D eigenvalue weighted by Crippen LogP contribution is 2.24. The maximum absolute atomic E-state index is 12.1. The van der Waals surface area contributed by atoms with Crippen LogP contribution in [0.2, 0.25) is 5.15 Å². The molecule has 1 heterocycles. The van der Waals surface area contributed by atoms with Crippen molar-refractivity contribution in [3.8, 4) is 0 Å². The molecule has 1 aliphatic carbocycles. The summed E-state index contributed by atoms with van der Waals surface area (Å²) in [6.45, 7) is 2.20. The highest BCUT2D eigenvalue weighted by molar-refractivity contribution is 6.32. The van der Waals surface area contributed by atoms with Crippen LogP contribution < -0.4 is 10.6 Å². The number of nitrogens with one attached hydrogen (secondary N) is 2. The highest BCUT2D eigenvalue weighted by atomic mass is 35.5. The Morgan fingerprint density at radius 3 is 3.00 bits per heavy atom. The van der Waals surface area contributed by atoms with Gasteiger partial charge in [-0.2, -0.15) is 0 Å². The zero-order chi connectivity index (χ0) is 15.9. The van der Waals surface area contributed by atoms with Crippen LogP contribution >= 0.6 is 11.6 Å². The summed E-state index contributed by atoms with van der Waals surface area (Å²) in [5, 5.41) is 16.0. The first-order valence-electron chi connectivity index (χ1n) is 7.87. The van der Waals surface area contributed by atoms with E-state index in [2.05, 4.69) is 15.6 Å². The first kappa shape index (κ1) is 17.2. The number of nitrogens with zero attached hydrogens (tertiary/aromatic N) is 1. The first-order chi connectivity index (χ1) is 10.6. The lowest BCUT2D eigenvalue weighted by atomic mass is 9.84. The zero-order valence-corrected chi connectivity index (χ0v) is 13.6. The molecule has 3 unspecified atom stereocenters. The molecule has 1 amide bonds. The van der Waals surface area contributed by atoms with Crippen LogP contribution in [0.1, 0.15) is 39.0 Å². The van der Waals surface area contributed by atoms with Gasteiger partial charge in [-0.3, -0.25) is 4.79 Å². The molecule has 0 aromatic carbocycles. The fourth-order valence-corrected chi connectivity index (χ4v) is 3.20. The number of hydrogen-bond donors (Lipinski definition) is 3. The third-order valence-electron chi connectivity index (χ3n) is 4.17. The molecule has 0 bridgehead atoms. The van der Waals surface area contributed by atoms with Crippen molar-refractivity contribution in [3.05, 3.63) is 23.5 Å². The van der Waals surface area contributed by atoms with E-state index >= 15 is 0 Å². The van der Waals surface area contributed by atoms with E-state index in [0.29, 0.717) is 29.2 Å². The Hall–Kier alpha value is -1.17. The number of aliphatic hydroxyl groups is 1.